The Morgan fingerprint density at radius 2 is 1.70 bits per heavy atom. The first-order valence-electron chi connectivity index (χ1n) is 6.32. The van der Waals surface area contributed by atoms with Gasteiger partial charge in [-0.3, -0.25) is 9.36 Å². The van der Waals surface area contributed by atoms with Crippen LogP contribution in [0, 0.1) is 19.7 Å². The Bertz CT molecular complexity index is 876. The summed E-state index contributed by atoms with van der Waals surface area (Å²) >= 11 is 3.10. The minimum atomic E-state index is -4.87. The van der Waals surface area contributed by atoms with E-state index in [1.807, 2.05) is 0 Å². The van der Waals surface area contributed by atoms with Crippen molar-refractivity contribution in [3.05, 3.63) is 60.1 Å². The first-order valence-corrected chi connectivity index (χ1v) is 7.12. The molecule has 124 valence electrons. The summed E-state index contributed by atoms with van der Waals surface area (Å²) < 4.78 is 54.3. The van der Waals surface area contributed by atoms with E-state index in [2.05, 4.69) is 15.9 Å². The standard InChI is InChI=1S/C14H11BrF4N2O2/c1-6-4-10(9(16)5-8(6)15)21-12(22)7(2)11(14(17,18)19)20(3)13(21)23/h4-5H,1-3H3. The van der Waals surface area contributed by atoms with Crippen molar-refractivity contribution in [1.82, 2.24) is 9.13 Å². The zero-order valence-electron chi connectivity index (χ0n) is 12.3. The lowest BCUT2D eigenvalue weighted by molar-refractivity contribution is -0.144. The van der Waals surface area contributed by atoms with Crippen LogP contribution in [0.3, 0.4) is 0 Å². The summed E-state index contributed by atoms with van der Waals surface area (Å²) in [5, 5.41) is 0. The van der Waals surface area contributed by atoms with E-state index in [1.54, 1.807) is 6.92 Å². The van der Waals surface area contributed by atoms with Gasteiger partial charge in [-0.1, -0.05) is 15.9 Å². The molecule has 0 bridgehead atoms. The van der Waals surface area contributed by atoms with E-state index in [0.717, 1.165) is 20.0 Å². The minimum absolute atomic E-state index is 0.299. The van der Waals surface area contributed by atoms with E-state index in [-0.39, 0.29) is 0 Å². The van der Waals surface area contributed by atoms with Crippen LogP contribution >= 0.6 is 15.9 Å². The van der Waals surface area contributed by atoms with Gasteiger partial charge >= 0.3 is 11.9 Å². The number of hydrogen-bond acceptors (Lipinski definition) is 2. The molecule has 1 heterocycles. The van der Waals surface area contributed by atoms with Gasteiger partial charge < -0.3 is 0 Å². The first kappa shape index (κ1) is 17.5. The second kappa shape index (κ2) is 5.63. The third-order valence-electron chi connectivity index (χ3n) is 3.43. The van der Waals surface area contributed by atoms with Crippen LogP contribution in [-0.2, 0) is 13.2 Å². The summed E-state index contributed by atoms with van der Waals surface area (Å²) in [7, 11) is 0.887. The monoisotopic (exact) mass is 394 g/mol. The number of hydrogen-bond donors (Lipinski definition) is 0. The Labute approximate surface area is 136 Å². The zero-order valence-corrected chi connectivity index (χ0v) is 13.8. The molecule has 0 aliphatic carbocycles. The molecule has 2 aromatic rings. The molecule has 0 amide bonds. The van der Waals surface area contributed by atoms with Crippen LogP contribution in [0.5, 0.6) is 0 Å². The molecule has 0 fully saturated rings. The molecular weight excluding hydrogens is 384 g/mol. The van der Waals surface area contributed by atoms with E-state index in [9.17, 15) is 27.2 Å². The zero-order chi connectivity index (χ0) is 17.7. The van der Waals surface area contributed by atoms with Gasteiger partial charge in [0.05, 0.1) is 5.69 Å². The third-order valence-corrected chi connectivity index (χ3v) is 4.28. The first-order chi connectivity index (χ1) is 10.5. The van der Waals surface area contributed by atoms with Crippen LogP contribution in [0.1, 0.15) is 16.8 Å². The van der Waals surface area contributed by atoms with Crippen LogP contribution in [-0.4, -0.2) is 9.13 Å². The molecule has 0 aliphatic rings. The molecule has 1 aromatic heterocycles. The maximum atomic E-state index is 14.1. The van der Waals surface area contributed by atoms with E-state index >= 15 is 0 Å². The topological polar surface area (TPSA) is 44.0 Å². The summed E-state index contributed by atoms with van der Waals surface area (Å²) in [5.74, 6) is -0.902. The lowest BCUT2D eigenvalue weighted by Gasteiger charge is -2.17. The lowest BCUT2D eigenvalue weighted by Crippen LogP contribution is -2.43. The number of aryl methyl sites for hydroxylation is 1. The largest absolute Gasteiger partial charge is 0.432 e. The average Bonchev–Trinajstić information content (AvgIpc) is 2.41. The van der Waals surface area contributed by atoms with E-state index in [1.165, 1.54) is 6.07 Å². The molecule has 0 unspecified atom stereocenters. The maximum absolute atomic E-state index is 14.1. The Kier molecular flexibility index (Phi) is 4.27. The van der Waals surface area contributed by atoms with Crippen LogP contribution in [0.25, 0.3) is 5.69 Å². The van der Waals surface area contributed by atoms with Crippen LogP contribution in [0.15, 0.2) is 26.2 Å². The molecule has 0 saturated heterocycles. The molecule has 0 atom stereocenters. The predicted octanol–water partition coefficient (Wildman–Crippen LogP) is 3.07. The van der Waals surface area contributed by atoms with Gasteiger partial charge in [0.1, 0.15) is 11.5 Å². The summed E-state index contributed by atoms with van der Waals surface area (Å²) in [6.45, 7) is 2.55. The lowest BCUT2D eigenvalue weighted by atomic mass is 10.2. The second-order valence-electron chi connectivity index (χ2n) is 5.01. The molecule has 0 saturated carbocycles. The fourth-order valence-electron chi connectivity index (χ4n) is 2.28. The molecule has 2 rings (SSSR count). The van der Waals surface area contributed by atoms with E-state index < -0.39 is 40.2 Å². The fourth-order valence-corrected chi connectivity index (χ4v) is 2.60. The van der Waals surface area contributed by atoms with Gasteiger partial charge in [0.15, 0.2) is 0 Å². The number of halogens is 5. The van der Waals surface area contributed by atoms with Crippen LogP contribution in [0.2, 0.25) is 0 Å². The van der Waals surface area contributed by atoms with Crippen LogP contribution < -0.4 is 11.2 Å². The van der Waals surface area contributed by atoms with Crippen molar-refractivity contribution in [2.45, 2.75) is 20.0 Å². The number of rotatable bonds is 1. The highest BCUT2D eigenvalue weighted by Gasteiger charge is 2.37. The van der Waals surface area contributed by atoms with Gasteiger partial charge in [0, 0.05) is 17.1 Å². The Hall–Kier alpha value is -1.90. The van der Waals surface area contributed by atoms with Crippen molar-refractivity contribution in [1.29, 1.82) is 0 Å². The molecule has 23 heavy (non-hydrogen) atoms. The van der Waals surface area contributed by atoms with Gasteiger partial charge in [0.25, 0.3) is 5.56 Å². The second-order valence-corrected chi connectivity index (χ2v) is 5.86. The fraction of sp³-hybridized carbons (Fsp3) is 0.286. The number of benzene rings is 1. The van der Waals surface area contributed by atoms with Gasteiger partial charge in [-0.15, -0.1) is 0 Å². The molecule has 0 aliphatic heterocycles. The summed E-state index contributed by atoms with van der Waals surface area (Å²) in [4.78, 5) is 24.4. The number of nitrogens with zero attached hydrogens (tertiary/aromatic N) is 2. The Morgan fingerprint density at radius 3 is 2.22 bits per heavy atom. The van der Waals surface area contributed by atoms with Gasteiger partial charge in [0.2, 0.25) is 0 Å². The van der Waals surface area contributed by atoms with Crippen molar-refractivity contribution in [2.75, 3.05) is 0 Å². The normalized spacial score (nSPS) is 11.8. The average molecular weight is 395 g/mol. The highest BCUT2D eigenvalue weighted by molar-refractivity contribution is 9.10. The molecule has 1 aromatic carbocycles. The molecule has 0 N–H and O–H groups in total. The smallest absolute Gasteiger partial charge is 0.292 e. The van der Waals surface area contributed by atoms with Gasteiger partial charge in [-0.25, -0.2) is 13.8 Å². The number of alkyl halides is 3. The van der Waals surface area contributed by atoms with E-state index in [0.29, 0.717) is 19.2 Å². The van der Waals surface area contributed by atoms with Gasteiger partial charge in [-0.05, 0) is 31.5 Å². The summed E-state index contributed by atoms with van der Waals surface area (Å²) in [5.41, 5.74) is -4.38. The van der Waals surface area contributed by atoms with Crippen molar-refractivity contribution in [3.8, 4) is 5.69 Å². The van der Waals surface area contributed by atoms with Crippen molar-refractivity contribution in [2.24, 2.45) is 7.05 Å². The maximum Gasteiger partial charge on any atom is 0.432 e. The van der Waals surface area contributed by atoms with Crippen molar-refractivity contribution in [3.63, 3.8) is 0 Å². The molecule has 0 radical (unpaired) electrons. The molecule has 4 nitrogen and oxygen atoms in total. The van der Waals surface area contributed by atoms with Crippen LogP contribution in [0.4, 0.5) is 17.6 Å². The Balaban J connectivity index is 2.95. The van der Waals surface area contributed by atoms with Crippen molar-refractivity contribution >= 4 is 15.9 Å². The molecular formula is C14H11BrF4N2O2. The summed E-state index contributed by atoms with van der Waals surface area (Å²) in [6.07, 6.45) is -4.87. The minimum Gasteiger partial charge on any atom is -0.292 e. The van der Waals surface area contributed by atoms with Crippen molar-refractivity contribution < 1.29 is 17.6 Å². The SMILES string of the molecule is Cc1cc(-n2c(=O)c(C)c(C(F)(F)F)n(C)c2=O)c(F)cc1Br. The highest BCUT2D eigenvalue weighted by atomic mass is 79.9. The van der Waals surface area contributed by atoms with Gasteiger partial charge in [-0.2, -0.15) is 13.2 Å². The Morgan fingerprint density at radius 1 is 1.13 bits per heavy atom. The third kappa shape index (κ3) is 2.85. The highest BCUT2D eigenvalue weighted by Crippen LogP contribution is 2.29. The number of aromatic nitrogens is 2. The quantitative estimate of drug-likeness (QED) is 0.697. The molecule has 0 spiro atoms. The summed E-state index contributed by atoms with van der Waals surface area (Å²) in [6, 6.07) is 2.26. The molecule has 9 heteroatoms. The predicted molar refractivity (Wildman–Crippen MR) is 79.4 cm³/mol. The van der Waals surface area contributed by atoms with E-state index in [4.69, 9.17) is 0 Å².